The number of methoxy groups -OCH3 is 1. The van der Waals surface area contributed by atoms with Gasteiger partial charge in [0.05, 0.1) is 12.5 Å². The van der Waals surface area contributed by atoms with Gasteiger partial charge in [-0.3, -0.25) is 9.59 Å². The summed E-state index contributed by atoms with van der Waals surface area (Å²) in [7, 11) is 1.58. The lowest BCUT2D eigenvalue weighted by Crippen LogP contribution is -2.46. The number of carbonyl (C=O) groups is 3. The zero-order valence-corrected chi connectivity index (χ0v) is 21.5. The van der Waals surface area contributed by atoms with Crippen LogP contribution in [0.1, 0.15) is 66.9 Å². The van der Waals surface area contributed by atoms with Crippen molar-refractivity contribution in [1.82, 2.24) is 0 Å². The van der Waals surface area contributed by atoms with Crippen molar-refractivity contribution in [2.45, 2.75) is 77.9 Å². The van der Waals surface area contributed by atoms with Crippen LogP contribution in [0.25, 0.3) is 0 Å². The van der Waals surface area contributed by atoms with Gasteiger partial charge < -0.3 is 18.9 Å². The summed E-state index contributed by atoms with van der Waals surface area (Å²) < 4.78 is 21.6. The lowest BCUT2D eigenvalue weighted by Gasteiger charge is -2.36. The minimum absolute atomic E-state index is 0.0311. The third-order valence-corrected chi connectivity index (χ3v) is 6.62. The molecule has 8 heteroatoms. The van der Waals surface area contributed by atoms with Crippen molar-refractivity contribution in [1.29, 1.82) is 0 Å². The highest BCUT2D eigenvalue weighted by Gasteiger charge is 2.51. The molecule has 1 aliphatic heterocycles. The molecular formula is C25H35ClO7. The van der Waals surface area contributed by atoms with E-state index in [0.29, 0.717) is 5.75 Å². The Morgan fingerprint density at radius 2 is 1.70 bits per heavy atom. The predicted molar refractivity (Wildman–Crippen MR) is 124 cm³/mol. The molecule has 1 fully saturated rings. The third-order valence-electron chi connectivity index (χ3n) is 6.07. The average Bonchev–Trinajstić information content (AvgIpc) is 2.99. The van der Waals surface area contributed by atoms with Crippen molar-refractivity contribution in [3.8, 4) is 5.75 Å². The van der Waals surface area contributed by atoms with E-state index in [2.05, 4.69) is 0 Å². The Morgan fingerprint density at radius 1 is 1.12 bits per heavy atom. The van der Waals surface area contributed by atoms with Gasteiger partial charge in [0.25, 0.3) is 0 Å². The van der Waals surface area contributed by atoms with Crippen LogP contribution in [0, 0.1) is 10.8 Å². The summed E-state index contributed by atoms with van der Waals surface area (Å²) in [6.07, 6.45) is -0.798. The maximum atomic E-state index is 13.2. The largest absolute Gasteiger partial charge is 0.497 e. The molecule has 0 spiro atoms. The van der Waals surface area contributed by atoms with Crippen LogP contribution in [0.4, 0.5) is 0 Å². The lowest BCUT2D eigenvalue weighted by molar-refractivity contribution is -0.172. The van der Waals surface area contributed by atoms with Gasteiger partial charge in [-0.2, -0.15) is 0 Å². The summed E-state index contributed by atoms with van der Waals surface area (Å²) in [6.45, 7) is 12.3. The molecule has 0 amide bonds. The Morgan fingerprint density at radius 3 is 2.15 bits per heavy atom. The second-order valence-corrected chi connectivity index (χ2v) is 11.1. The van der Waals surface area contributed by atoms with Crippen molar-refractivity contribution in [3.05, 3.63) is 29.8 Å². The Balaban J connectivity index is 2.15. The second kappa shape index (κ2) is 9.53. The fourth-order valence-corrected chi connectivity index (χ4v) is 4.06. The van der Waals surface area contributed by atoms with E-state index in [0.717, 1.165) is 5.56 Å². The van der Waals surface area contributed by atoms with Gasteiger partial charge in [0.2, 0.25) is 6.10 Å². The molecule has 184 valence electrons. The number of alkyl halides is 1. The standard InChI is InChI=1S/C25H35ClO7/c1-9-25(26,21(29)33-24(6,7)16-10-12-17(30-8)13-11-16)14-22(2,3)20(28)32-18-19(27)31-15-23(18,4)5/h10-13,18H,9,14-15H2,1-8H3. The number of hydrogen-bond acceptors (Lipinski definition) is 7. The Bertz CT molecular complexity index is 889. The summed E-state index contributed by atoms with van der Waals surface area (Å²) in [4.78, 5) is 36.8. The highest BCUT2D eigenvalue weighted by atomic mass is 35.5. The third kappa shape index (κ3) is 5.99. The molecule has 2 rings (SSSR count). The van der Waals surface area contributed by atoms with E-state index >= 15 is 0 Å². The van der Waals surface area contributed by atoms with Gasteiger partial charge in [-0.15, -0.1) is 11.6 Å². The average molecular weight is 483 g/mol. The van der Waals surface area contributed by atoms with E-state index < -0.39 is 45.3 Å². The number of cyclic esters (lactones) is 1. The van der Waals surface area contributed by atoms with E-state index in [9.17, 15) is 14.4 Å². The molecule has 7 nitrogen and oxygen atoms in total. The van der Waals surface area contributed by atoms with Gasteiger partial charge in [0.1, 0.15) is 22.8 Å². The first-order valence-electron chi connectivity index (χ1n) is 11.0. The van der Waals surface area contributed by atoms with Gasteiger partial charge in [-0.1, -0.05) is 32.9 Å². The highest BCUT2D eigenvalue weighted by molar-refractivity contribution is 6.34. The maximum absolute atomic E-state index is 13.2. The van der Waals surface area contributed by atoms with Crippen LogP contribution in [-0.4, -0.2) is 42.6 Å². The fraction of sp³-hybridized carbons (Fsp3) is 0.640. The molecule has 2 atom stereocenters. The molecule has 0 saturated carbocycles. The van der Waals surface area contributed by atoms with Crippen LogP contribution >= 0.6 is 11.6 Å². The summed E-state index contributed by atoms with van der Waals surface area (Å²) in [6, 6.07) is 7.20. The van der Waals surface area contributed by atoms with Crippen LogP contribution < -0.4 is 4.74 Å². The summed E-state index contributed by atoms with van der Waals surface area (Å²) >= 11 is 6.75. The summed E-state index contributed by atoms with van der Waals surface area (Å²) in [5.74, 6) is -1.14. The molecule has 1 aromatic carbocycles. The molecule has 0 aliphatic carbocycles. The molecule has 0 radical (unpaired) electrons. The fourth-order valence-electron chi connectivity index (χ4n) is 3.69. The number of esters is 3. The number of ether oxygens (including phenoxy) is 4. The van der Waals surface area contributed by atoms with E-state index in [4.69, 9.17) is 30.5 Å². The number of benzene rings is 1. The number of hydrogen-bond donors (Lipinski definition) is 0. The Kier molecular flexibility index (Phi) is 7.79. The van der Waals surface area contributed by atoms with Gasteiger partial charge in [-0.05, 0) is 58.2 Å². The quantitative estimate of drug-likeness (QED) is 0.284. The Hall–Kier alpha value is -2.28. The Labute approximate surface area is 201 Å². The highest BCUT2D eigenvalue weighted by Crippen LogP contribution is 2.41. The number of carbonyl (C=O) groups excluding carboxylic acids is 3. The molecule has 33 heavy (non-hydrogen) atoms. The first kappa shape index (κ1) is 27.0. The van der Waals surface area contributed by atoms with Crippen molar-refractivity contribution >= 4 is 29.5 Å². The first-order valence-corrected chi connectivity index (χ1v) is 11.4. The monoisotopic (exact) mass is 482 g/mol. The molecule has 1 aromatic rings. The second-order valence-electron chi connectivity index (χ2n) is 10.4. The van der Waals surface area contributed by atoms with Crippen molar-refractivity contribution in [2.75, 3.05) is 13.7 Å². The number of halogens is 1. The van der Waals surface area contributed by atoms with Crippen LogP contribution in [0.3, 0.4) is 0 Å². The topological polar surface area (TPSA) is 88.1 Å². The molecule has 1 heterocycles. The van der Waals surface area contributed by atoms with E-state index in [-0.39, 0.29) is 19.4 Å². The van der Waals surface area contributed by atoms with Gasteiger partial charge in [-0.25, -0.2) is 4.79 Å². The van der Waals surface area contributed by atoms with Crippen LogP contribution in [0.5, 0.6) is 5.75 Å². The predicted octanol–water partition coefficient (Wildman–Crippen LogP) is 4.77. The molecule has 0 bridgehead atoms. The zero-order valence-electron chi connectivity index (χ0n) is 20.7. The van der Waals surface area contributed by atoms with Gasteiger partial charge in [0, 0.05) is 5.41 Å². The first-order chi connectivity index (χ1) is 15.1. The van der Waals surface area contributed by atoms with Gasteiger partial charge in [0.15, 0.2) is 0 Å². The molecule has 0 aromatic heterocycles. The SMILES string of the molecule is CCC(Cl)(CC(C)(C)C(=O)OC1C(=O)OCC1(C)C)C(=O)OC(C)(C)c1ccc(OC)cc1. The van der Waals surface area contributed by atoms with Crippen molar-refractivity contribution in [3.63, 3.8) is 0 Å². The maximum Gasteiger partial charge on any atom is 0.348 e. The van der Waals surface area contributed by atoms with E-state index in [1.165, 1.54) is 0 Å². The smallest absolute Gasteiger partial charge is 0.348 e. The van der Waals surface area contributed by atoms with E-state index in [1.54, 1.807) is 67.7 Å². The molecule has 1 saturated heterocycles. The lowest BCUT2D eigenvalue weighted by atomic mass is 9.80. The van der Waals surface area contributed by atoms with Crippen LogP contribution in [0.15, 0.2) is 24.3 Å². The summed E-state index contributed by atoms with van der Waals surface area (Å²) in [5.41, 5.74) is -1.97. The minimum atomic E-state index is -1.46. The van der Waals surface area contributed by atoms with Crippen molar-refractivity contribution in [2.24, 2.45) is 10.8 Å². The van der Waals surface area contributed by atoms with Crippen LogP contribution in [0.2, 0.25) is 0 Å². The van der Waals surface area contributed by atoms with E-state index in [1.807, 2.05) is 12.1 Å². The molecular weight excluding hydrogens is 448 g/mol. The normalized spacial score (nSPS) is 19.9. The molecule has 0 N–H and O–H groups in total. The van der Waals surface area contributed by atoms with Crippen molar-refractivity contribution < 1.29 is 33.3 Å². The molecule has 1 aliphatic rings. The van der Waals surface area contributed by atoms with Gasteiger partial charge >= 0.3 is 17.9 Å². The zero-order chi connectivity index (χ0) is 25.2. The number of rotatable bonds is 9. The minimum Gasteiger partial charge on any atom is -0.497 e. The van der Waals surface area contributed by atoms with Crippen LogP contribution in [-0.2, 0) is 34.2 Å². The summed E-state index contributed by atoms with van der Waals surface area (Å²) in [5, 5.41) is 0. The molecule has 2 unspecified atom stereocenters.